The Morgan fingerprint density at radius 1 is 1.26 bits per heavy atom. The van der Waals surface area contributed by atoms with Crippen LogP contribution in [0.25, 0.3) is 5.69 Å². The van der Waals surface area contributed by atoms with E-state index in [0.29, 0.717) is 27.3 Å². The lowest BCUT2D eigenvalue weighted by molar-refractivity contribution is -0.122. The van der Waals surface area contributed by atoms with Crippen molar-refractivity contribution in [3.8, 4) is 11.4 Å². The Morgan fingerprint density at radius 2 is 2.04 bits per heavy atom. The van der Waals surface area contributed by atoms with Gasteiger partial charge in [0.05, 0.1) is 5.02 Å². The van der Waals surface area contributed by atoms with Crippen molar-refractivity contribution >= 4 is 34.8 Å². The number of aromatic nitrogens is 4. The van der Waals surface area contributed by atoms with E-state index in [1.807, 2.05) is 0 Å². The smallest absolute Gasteiger partial charge is 0.265 e. The minimum atomic E-state index is -0.855. The van der Waals surface area contributed by atoms with Gasteiger partial charge in [0, 0.05) is 10.7 Å². The summed E-state index contributed by atoms with van der Waals surface area (Å²) >= 11 is 11.9. The minimum Gasteiger partial charge on any atom is -0.479 e. The number of aryl methyl sites for hydroxylation is 1. The van der Waals surface area contributed by atoms with Gasteiger partial charge >= 0.3 is 0 Å². The highest BCUT2D eigenvalue weighted by Gasteiger charge is 2.18. The lowest BCUT2D eigenvalue weighted by Crippen LogP contribution is -2.30. The van der Waals surface area contributed by atoms with Crippen molar-refractivity contribution < 1.29 is 13.9 Å². The van der Waals surface area contributed by atoms with E-state index in [4.69, 9.17) is 27.9 Å². The first-order valence-electron chi connectivity index (χ1n) is 7.82. The number of carbonyl (C=O) groups is 1. The van der Waals surface area contributed by atoms with E-state index in [1.165, 1.54) is 28.9 Å². The molecule has 2 aromatic carbocycles. The van der Waals surface area contributed by atoms with Gasteiger partial charge in [0.2, 0.25) is 0 Å². The summed E-state index contributed by atoms with van der Waals surface area (Å²) in [5.41, 5.74) is 0.480. The van der Waals surface area contributed by atoms with Gasteiger partial charge in [-0.2, -0.15) is 4.68 Å². The van der Waals surface area contributed by atoms with Crippen molar-refractivity contribution in [1.82, 2.24) is 20.2 Å². The number of nitrogens with one attached hydrogen (secondary N) is 1. The number of rotatable bonds is 5. The molecule has 1 heterocycles. The summed E-state index contributed by atoms with van der Waals surface area (Å²) in [7, 11) is 0. The summed E-state index contributed by atoms with van der Waals surface area (Å²) in [6, 6.07) is 8.77. The summed E-state index contributed by atoms with van der Waals surface area (Å²) in [5, 5.41) is 14.3. The van der Waals surface area contributed by atoms with E-state index in [1.54, 1.807) is 26.0 Å². The molecule has 0 fully saturated rings. The fraction of sp³-hybridized carbons (Fsp3) is 0.176. The highest BCUT2D eigenvalue weighted by molar-refractivity contribution is 6.35. The number of halogens is 3. The predicted molar refractivity (Wildman–Crippen MR) is 99.0 cm³/mol. The van der Waals surface area contributed by atoms with Crippen LogP contribution >= 0.6 is 23.2 Å². The quantitative estimate of drug-likeness (QED) is 0.692. The molecule has 0 aliphatic carbocycles. The molecule has 140 valence electrons. The Labute approximate surface area is 164 Å². The van der Waals surface area contributed by atoms with Gasteiger partial charge in [0.25, 0.3) is 5.91 Å². The van der Waals surface area contributed by atoms with Crippen LogP contribution in [0.4, 0.5) is 10.1 Å². The molecule has 0 bridgehead atoms. The maximum atomic E-state index is 14.1. The van der Waals surface area contributed by atoms with Crippen LogP contribution in [0.5, 0.6) is 5.75 Å². The van der Waals surface area contributed by atoms with Gasteiger partial charge in [0.15, 0.2) is 11.9 Å². The number of amides is 1. The second-order valence-electron chi connectivity index (χ2n) is 5.63. The number of tetrazole rings is 1. The Hall–Kier alpha value is -2.71. The summed E-state index contributed by atoms with van der Waals surface area (Å²) in [5.74, 6) is -0.230. The van der Waals surface area contributed by atoms with Crippen LogP contribution in [-0.2, 0) is 4.79 Å². The van der Waals surface area contributed by atoms with Crippen LogP contribution in [0.15, 0.2) is 36.4 Å². The summed E-state index contributed by atoms with van der Waals surface area (Å²) in [6.07, 6.45) is -0.855. The van der Waals surface area contributed by atoms with Gasteiger partial charge in [-0.1, -0.05) is 23.2 Å². The summed E-state index contributed by atoms with van der Waals surface area (Å²) in [4.78, 5) is 12.4. The fourth-order valence-corrected chi connectivity index (χ4v) is 2.72. The fourth-order valence-electron chi connectivity index (χ4n) is 2.27. The van der Waals surface area contributed by atoms with Crippen molar-refractivity contribution in [2.45, 2.75) is 20.0 Å². The van der Waals surface area contributed by atoms with E-state index in [0.717, 1.165) is 0 Å². The van der Waals surface area contributed by atoms with Crippen molar-refractivity contribution in [3.05, 3.63) is 58.1 Å². The average Bonchev–Trinajstić information content (AvgIpc) is 3.04. The zero-order valence-corrected chi connectivity index (χ0v) is 15.8. The van der Waals surface area contributed by atoms with Gasteiger partial charge in [-0.3, -0.25) is 4.79 Å². The highest BCUT2D eigenvalue weighted by Crippen LogP contribution is 2.28. The maximum absolute atomic E-state index is 14.1. The molecule has 1 amide bonds. The molecule has 3 rings (SSSR count). The monoisotopic (exact) mass is 409 g/mol. The lowest BCUT2D eigenvalue weighted by Gasteiger charge is -2.16. The molecule has 1 aromatic heterocycles. The first kappa shape index (κ1) is 19.1. The van der Waals surface area contributed by atoms with Crippen molar-refractivity contribution in [1.29, 1.82) is 0 Å². The molecular formula is C17H14Cl2FN5O2. The molecule has 3 aromatic rings. The van der Waals surface area contributed by atoms with E-state index in [9.17, 15) is 9.18 Å². The third-order valence-electron chi connectivity index (χ3n) is 3.63. The van der Waals surface area contributed by atoms with Crippen molar-refractivity contribution in [2.75, 3.05) is 5.32 Å². The van der Waals surface area contributed by atoms with Gasteiger partial charge < -0.3 is 10.1 Å². The third-order valence-corrected chi connectivity index (χ3v) is 4.16. The second kappa shape index (κ2) is 7.89. The van der Waals surface area contributed by atoms with E-state index < -0.39 is 17.8 Å². The lowest BCUT2D eigenvalue weighted by atomic mass is 10.2. The first-order valence-corrected chi connectivity index (χ1v) is 8.58. The van der Waals surface area contributed by atoms with Crippen molar-refractivity contribution in [2.24, 2.45) is 0 Å². The number of carbonyl (C=O) groups excluding carboxylic acids is 1. The van der Waals surface area contributed by atoms with Crippen LogP contribution in [-0.4, -0.2) is 32.2 Å². The third kappa shape index (κ3) is 4.35. The standard InChI is InChI=1S/C17H14Cl2FN5O2/c1-9(27-16-6-3-11(18)7-13(16)19)17(26)21-12-4-5-14(20)15(8-12)25-10(2)22-23-24-25/h3-9H,1-2H3,(H,21,26). The molecular weight excluding hydrogens is 396 g/mol. The predicted octanol–water partition coefficient (Wildman–Crippen LogP) is 3.82. The Kier molecular flexibility index (Phi) is 5.57. The second-order valence-corrected chi connectivity index (χ2v) is 6.47. The van der Waals surface area contributed by atoms with Crippen LogP contribution in [0, 0.1) is 12.7 Å². The van der Waals surface area contributed by atoms with E-state index in [2.05, 4.69) is 20.8 Å². The average molecular weight is 410 g/mol. The van der Waals surface area contributed by atoms with Crippen LogP contribution < -0.4 is 10.1 Å². The van der Waals surface area contributed by atoms with Crippen LogP contribution in [0.3, 0.4) is 0 Å². The molecule has 27 heavy (non-hydrogen) atoms. The normalized spacial score (nSPS) is 11.9. The Balaban J connectivity index is 1.75. The van der Waals surface area contributed by atoms with Crippen molar-refractivity contribution in [3.63, 3.8) is 0 Å². The molecule has 1 N–H and O–H groups in total. The Morgan fingerprint density at radius 3 is 2.70 bits per heavy atom. The summed E-state index contributed by atoms with van der Waals surface area (Å²) in [6.45, 7) is 3.20. The largest absolute Gasteiger partial charge is 0.479 e. The first-order chi connectivity index (χ1) is 12.8. The molecule has 0 saturated heterocycles. The number of nitrogens with zero attached hydrogens (tertiary/aromatic N) is 4. The van der Waals surface area contributed by atoms with Gasteiger partial charge in [0.1, 0.15) is 17.3 Å². The Bertz CT molecular complexity index is 995. The SMILES string of the molecule is Cc1nnnn1-c1cc(NC(=O)C(C)Oc2ccc(Cl)cc2Cl)ccc1F. The highest BCUT2D eigenvalue weighted by atomic mass is 35.5. The zero-order chi connectivity index (χ0) is 19.6. The number of hydrogen-bond acceptors (Lipinski definition) is 5. The molecule has 7 nitrogen and oxygen atoms in total. The molecule has 0 radical (unpaired) electrons. The number of benzene rings is 2. The molecule has 1 unspecified atom stereocenters. The number of hydrogen-bond donors (Lipinski definition) is 1. The van der Waals surface area contributed by atoms with Gasteiger partial charge in [-0.05, 0) is 60.7 Å². The molecule has 0 spiro atoms. The van der Waals surface area contributed by atoms with E-state index >= 15 is 0 Å². The number of anilines is 1. The topological polar surface area (TPSA) is 81.9 Å². The molecule has 10 heteroatoms. The van der Waals surface area contributed by atoms with Crippen LogP contribution in [0.1, 0.15) is 12.7 Å². The molecule has 0 aliphatic rings. The number of ether oxygens (including phenoxy) is 1. The van der Waals surface area contributed by atoms with Crippen LogP contribution in [0.2, 0.25) is 10.0 Å². The van der Waals surface area contributed by atoms with E-state index in [-0.39, 0.29) is 5.69 Å². The molecule has 0 saturated carbocycles. The van der Waals surface area contributed by atoms with Gasteiger partial charge in [-0.25, -0.2) is 4.39 Å². The van der Waals surface area contributed by atoms with Gasteiger partial charge in [-0.15, -0.1) is 5.10 Å². The zero-order valence-electron chi connectivity index (χ0n) is 14.3. The molecule has 0 aliphatic heterocycles. The summed E-state index contributed by atoms with van der Waals surface area (Å²) < 4.78 is 20.9. The minimum absolute atomic E-state index is 0.115. The molecule has 1 atom stereocenters. The maximum Gasteiger partial charge on any atom is 0.265 e.